The van der Waals surface area contributed by atoms with E-state index >= 15 is 0 Å². The summed E-state index contributed by atoms with van der Waals surface area (Å²) in [6.45, 7) is 1.96. The quantitative estimate of drug-likeness (QED) is 0.408. The average molecular weight is 527 g/mol. The Hall–Kier alpha value is -3.19. The first-order chi connectivity index (χ1) is 16.4. The van der Waals surface area contributed by atoms with Crippen LogP contribution in [-0.4, -0.2) is 36.4 Å². The Morgan fingerprint density at radius 2 is 1.68 bits per heavy atom. The van der Waals surface area contributed by atoms with Crippen molar-refractivity contribution in [3.8, 4) is 5.75 Å². The second-order valence-corrected chi connectivity index (χ2v) is 8.73. The highest BCUT2D eigenvalue weighted by molar-refractivity contribution is 9.10. The lowest BCUT2D eigenvalue weighted by Gasteiger charge is -2.31. The normalized spacial score (nSPS) is 11.5. The van der Waals surface area contributed by atoms with Crippen molar-refractivity contribution in [2.45, 2.75) is 32.4 Å². The third-order valence-corrected chi connectivity index (χ3v) is 6.16. The Kier molecular flexibility index (Phi) is 9.22. The summed E-state index contributed by atoms with van der Waals surface area (Å²) in [6.07, 6.45) is 1.22. The van der Waals surface area contributed by atoms with Gasteiger partial charge in [0, 0.05) is 20.0 Å². The van der Waals surface area contributed by atoms with Gasteiger partial charge in [-0.2, -0.15) is 0 Å². The predicted octanol–water partition coefficient (Wildman–Crippen LogP) is 4.92. The number of hydrogen-bond acceptors (Lipinski definition) is 3. The molecule has 34 heavy (non-hydrogen) atoms. The smallest absolute Gasteiger partial charge is 0.261 e. The molecule has 0 spiro atoms. The molecule has 3 rings (SSSR count). The molecule has 2 amide bonds. The zero-order valence-corrected chi connectivity index (χ0v) is 20.8. The van der Waals surface area contributed by atoms with E-state index in [4.69, 9.17) is 4.74 Å². The number of likely N-dealkylation sites (N-methyl/N-ethyl adjacent to an activating group) is 1. The molecular weight excluding hydrogens is 499 g/mol. The Labute approximate surface area is 208 Å². The summed E-state index contributed by atoms with van der Waals surface area (Å²) in [5.74, 6) is -0.447. The van der Waals surface area contributed by atoms with E-state index in [1.807, 2.05) is 48.5 Å². The van der Waals surface area contributed by atoms with Crippen LogP contribution in [0, 0.1) is 5.82 Å². The highest BCUT2D eigenvalue weighted by Gasteiger charge is 2.30. The van der Waals surface area contributed by atoms with Crippen LogP contribution in [0.1, 0.15) is 23.6 Å². The molecule has 3 aromatic carbocycles. The van der Waals surface area contributed by atoms with Crippen molar-refractivity contribution in [2.24, 2.45) is 0 Å². The summed E-state index contributed by atoms with van der Waals surface area (Å²) >= 11 is 3.49. The number of halogens is 2. The van der Waals surface area contributed by atoms with Gasteiger partial charge in [-0.25, -0.2) is 4.39 Å². The zero-order valence-electron chi connectivity index (χ0n) is 19.3. The summed E-state index contributed by atoms with van der Waals surface area (Å²) in [6, 6.07) is 20.4. The molecule has 0 aliphatic rings. The van der Waals surface area contributed by atoms with Crippen LogP contribution in [0.3, 0.4) is 0 Å². The number of ether oxygens (including phenoxy) is 1. The van der Waals surface area contributed by atoms with Crippen LogP contribution in [0.2, 0.25) is 0 Å². The molecule has 0 bridgehead atoms. The first-order valence-corrected chi connectivity index (χ1v) is 11.9. The van der Waals surface area contributed by atoms with Crippen molar-refractivity contribution in [3.05, 3.63) is 99.8 Å². The van der Waals surface area contributed by atoms with Crippen molar-refractivity contribution in [3.63, 3.8) is 0 Å². The van der Waals surface area contributed by atoms with Gasteiger partial charge in [0.15, 0.2) is 6.61 Å². The summed E-state index contributed by atoms with van der Waals surface area (Å²) in [4.78, 5) is 27.8. The van der Waals surface area contributed by atoms with Gasteiger partial charge in [-0.3, -0.25) is 9.59 Å². The molecule has 178 valence electrons. The molecule has 7 heteroatoms. The summed E-state index contributed by atoms with van der Waals surface area (Å²) in [5.41, 5.74) is 2.78. The fourth-order valence-corrected chi connectivity index (χ4v) is 4.15. The van der Waals surface area contributed by atoms with Gasteiger partial charge in [0.1, 0.15) is 17.6 Å². The minimum absolute atomic E-state index is 0.142. The van der Waals surface area contributed by atoms with Crippen LogP contribution < -0.4 is 10.1 Å². The molecule has 0 unspecified atom stereocenters. The molecule has 3 aromatic rings. The van der Waals surface area contributed by atoms with Crippen LogP contribution in [0.4, 0.5) is 4.39 Å². The minimum Gasteiger partial charge on any atom is -0.483 e. The third-order valence-electron chi connectivity index (χ3n) is 5.54. The van der Waals surface area contributed by atoms with Gasteiger partial charge in [0.25, 0.3) is 5.91 Å². The van der Waals surface area contributed by atoms with Crippen LogP contribution in [0.5, 0.6) is 5.75 Å². The second kappa shape index (κ2) is 12.3. The molecule has 0 aromatic heterocycles. The first kappa shape index (κ1) is 25.4. The molecule has 0 fully saturated rings. The van der Waals surface area contributed by atoms with Gasteiger partial charge >= 0.3 is 0 Å². The van der Waals surface area contributed by atoms with E-state index in [-0.39, 0.29) is 30.8 Å². The number of hydrogen-bond donors (Lipinski definition) is 1. The van der Waals surface area contributed by atoms with E-state index in [9.17, 15) is 14.0 Å². The number of nitrogens with one attached hydrogen (secondary N) is 1. The number of nitrogens with zero attached hydrogens (tertiary/aromatic N) is 1. The monoisotopic (exact) mass is 526 g/mol. The number of carbonyl (C=O) groups excluding carboxylic acids is 2. The zero-order chi connectivity index (χ0) is 24.5. The fraction of sp³-hybridized carbons (Fsp3) is 0.259. The SMILES string of the molecule is CCc1ccc(OCC(=O)N(Cc2ccc(F)cc2)[C@H](Cc2ccccc2)C(=O)NC)c(Br)c1. The van der Waals surface area contributed by atoms with Gasteiger partial charge in [-0.05, 0) is 63.3 Å². The van der Waals surface area contributed by atoms with Gasteiger partial charge < -0.3 is 15.0 Å². The van der Waals surface area contributed by atoms with Crippen molar-refractivity contribution in [2.75, 3.05) is 13.7 Å². The predicted molar refractivity (Wildman–Crippen MR) is 134 cm³/mol. The molecule has 0 aliphatic heterocycles. The number of amides is 2. The number of benzene rings is 3. The van der Waals surface area contributed by atoms with Crippen molar-refractivity contribution >= 4 is 27.7 Å². The number of aryl methyl sites for hydroxylation is 1. The Morgan fingerprint density at radius 1 is 1.00 bits per heavy atom. The molecular formula is C27H28BrFN2O3. The summed E-state index contributed by atoms with van der Waals surface area (Å²) < 4.78 is 20.0. The number of carbonyl (C=O) groups is 2. The van der Waals surface area contributed by atoms with Crippen LogP contribution in [-0.2, 0) is 29.0 Å². The average Bonchev–Trinajstić information content (AvgIpc) is 2.86. The highest BCUT2D eigenvalue weighted by atomic mass is 79.9. The molecule has 0 radical (unpaired) electrons. The maximum Gasteiger partial charge on any atom is 0.261 e. The lowest BCUT2D eigenvalue weighted by Crippen LogP contribution is -2.51. The Morgan fingerprint density at radius 3 is 2.29 bits per heavy atom. The van der Waals surface area contributed by atoms with Crippen LogP contribution in [0.15, 0.2) is 77.3 Å². The molecule has 1 atom stereocenters. The van der Waals surface area contributed by atoms with E-state index in [2.05, 4.69) is 28.2 Å². The standard InChI is InChI=1S/C27H28BrFN2O3/c1-3-19-11-14-25(23(28)15-19)34-18-26(32)31(17-21-9-12-22(29)13-10-21)24(27(33)30-2)16-20-7-5-4-6-8-20/h4-15,24H,3,16-18H2,1-2H3,(H,30,33)/t24-/m1/s1. The first-order valence-electron chi connectivity index (χ1n) is 11.1. The van der Waals surface area contributed by atoms with E-state index in [1.165, 1.54) is 17.0 Å². The van der Waals surface area contributed by atoms with Gasteiger partial charge in [-0.15, -0.1) is 0 Å². The largest absolute Gasteiger partial charge is 0.483 e. The molecule has 5 nitrogen and oxygen atoms in total. The molecule has 1 N–H and O–H groups in total. The van der Waals surface area contributed by atoms with Crippen molar-refractivity contribution in [1.82, 2.24) is 10.2 Å². The molecule has 0 saturated heterocycles. The van der Waals surface area contributed by atoms with Crippen LogP contribution >= 0.6 is 15.9 Å². The maximum absolute atomic E-state index is 13.4. The minimum atomic E-state index is -0.764. The lowest BCUT2D eigenvalue weighted by molar-refractivity contribution is -0.142. The fourth-order valence-electron chi connectivity index (χ4n) is 3.61. The van der Waals surface area contributed by atoms with E-state index in [0.717, 1.165) is 22.0 Å². The van der Waals surface area contributed by atoms with E-state index in [0.29, 0.717) is 17.7 Å². The number of rotatable bonds is 10. The second-order valence-electron chi connectivity index (χ2n) is 7.87. The summed E-state index contributed by atoms with van der Waals surface area (Å²) in [7, 11) is 1.55. The van der Waals surface area contributed by atoms with Gasteiger partial charge in [0.2, 0.25) is 5.91 Å². The molecule has 0 heterocycles. The highest BCUT2D eigenvalue weighted by Crippen LogP contribution is 2.26. The lowest BCUT2D eigenvalue weighted by atomic mass is 10.0. The van der Waals surface area contributed by atoms with E-state index in [1.54, 1.807) is 19.2 Å². The van der Waals surface area contributed by atoms with Crippen molar-refractivity contribution in [1.29, 1.82) is 0 Å². The maximum atomic E-state index is 13.4. The van der Waals surface area contributed by atoms with Gasteiger partial charge in [-0.1, -0.05) is 55.5 Å². The third kappa shape index (κ3) is 6.90. The molecule has 0 saturated carbocycles. The van der Waals surface area contributed by atoms with Crippen LogP contribution in [0.25, 0.3) is 0 Å². The molecule has 0 aliphatic carbocycles. The Bertz CT molecular complexity index is 1110. The Balaban J connectivity index is 1.86. The van der Waals surface area contributed by atoms with Crippen molar-refractivity contribution < 1.29 is 18.7 Å². The summed E-state index contributed by atoms with van der Waals surface area (Å²) in [5, 5.41) is 2.67. The topological polar surface area (TPSA) is 58.6 Å². The van der Waals surface area contributed by atoms with Gasteiger partial charge in [0.05, 0.1) is 4.47 Å². The van der Waals surface area contributed by atoms with E-state index < -0.39 is 6.04 Å².